The first kappa shape index (κ1) is 14.4. The van der Waals surface area contributed by atoms with Crippen LogP contribution < -0.4 is 4.90 Å². The van der Waals surface area contributed by atoms with Gasteiger partial charge in [-0.3, -0.25) is 14.9 Å². The van der Waals surface area contributed by atoms with Crippen molar-refractivity contribution in [1.29, 1.82) is 0 Å². The first-order valence-electron chi connectivity index (χ1n) is 7.76. The second-order valence-corrected chi connectivity index (χ2v) is 5.90. The van der Waals surface area contributed by atoms with Gasteiger partial charge < -0.3 is 9.88 Å². The summed E-state index contributed by atoms with van der Waals surface area (Å²) in [7, 11) is 0. The number of nitro benzene ring substituents is 1. The lowest BCUT2D eigenvalue weighted by Gasteiger charge is -2.17. The molecule has 4 rings (SSSR count). The number of non-ortho nitro benzene ring substituents is 1. The quantitative estimate of drug-likeness (QED) is 0.594. The molecule has 0 unspecified atom stereocenters. The van der Waals surface area contributed by atoms with Gasteiger partial charge in [0, 0.05) is 35.8 Å². The standard InChI is InChI=1S/C18H15N3O3/c22-18(9-13-11-19-16-4-2-1-3-15(13)16)20-8-7-12-5-6-14(21(23)24)10-17(12)20/h1-6,10-11,19H,7-9H2. The van der Waals surface area contributed by atoms with Crippen LogP contribution in [0.5, 0.6) is 0 Å². The van der Waals surface area contributed by atoms with Crippen LogP contribution in [-0.2, 0) is 17.6 Å². The van der Waals surface area contributed by atoms with Crippen molar-refractivity contribution in [2.24, 2.45) is 0 Å². The maximum Gasteiger partial charge on any atom is 0.271 e. The number of anilines is 1. The molecular weight excluding hydrogens is 306 g/mol. The molecule has 0 radical (unpaired) electrons. The van der Waals surface area contributed by atoms with Crippen LogP contribution in [0.3, 0.4) is 0 Å². The molecule has 0 bridgehead atoms. The molecule has 0 atom stereocenters. The molecule has 0 aliphatic carbocycles. The molecule has 3 aromatic rings. The topological polar surface area (TPSA) is 79.2 Å². The Morgan fingerprint density at radius 2 is 2.08 bits per heavy atom. The summed E-state index contributed by atoms with van der Waals surface area (Å²) in [6, 6.07) is 12.6. The van der Waals surface area contributed by atoms with Gasteiger partial charge in [0.15, 0.2) is 0 Å². The van der Waals surface area contributed by atoms with Crippen LogP contribution >= 0.6 is 0 Å². The number of aromatic nitrogens is 1. The van der Waals surface area contributed by atoms with E-state index in [1.54, 1.807) is 11.0 Å². The lowest BCUT2D eigenvalue weighted by atomic mass is 10.1. The van der Waals surface area contributed by atoms with Gasteiger partial charge >= 0.3 is 0 Å². The maximum absolute atomic E-state index is 12.7. The SMILES string of the molecule is O=C(Cc1c[nH]c2ccccc12)N1CCc2ccc([N+](=O)[O-])cc21. The third-order valence-electron chi connectivity index (χ3n) is 4.49. The largest absolute Gasteiger partial charge is 0.361 e. The predicted octanol–water partition coefficient (Wildman–Crippen LogP) is 3.21. The monoisotopic (exact) mass is 321 g/mol. The van der Waals surface area contributed by atoms with E-state index in [1.807, 2.05) is 30.5 Å². The summed E-state index contributed by atoms with van der Waals surface area (Å²) in [6.07, 6.45) is 2.85. The first-order valence-corrected chi connectivity index (χ1v) is 7.76. The third-order valence-corrected chi connectivity index (χ3v) is 4.49. The van der Waals surface area contributed by atoms with Crippen LogP contribution in [0.4, 0.5) is 11.4 Å². The summed E-state index contributed by atoms with van der Waals surface area (Å²) >= 11 is 0. The fourth-order valence-corrected chi connectivity index (χ4v) is 3.28. The number of carbonyl (C=O) groups excluding carboxylic acids is 1. The number of para-hydroxylation sites is 1. The lowest BCUT2D eigenvalue weighted by Crippen LogP contribution is -2.30. The molecule has 2 aromatic carbocycles. The van der Waals surface area contributed by atoms with E-state index in [9.17, 15) is 14.9 Å². The molecule has 6 nitrogen and oxygen atoms in total. The van der Waals surface area contributed by atoms with Crippen LogP contribution in [0.2, 0.25) is 0 Å². The van der Waals surface area contributed by atoms with Gasteiger partial charge in [-0.15, -0.1) is 0 Å². The first-order chi connectivity index (χ1) is 11.6. The fourth-order valence-electron chi connectivity index (χ4n) is 3.28. The lowest BCUT2D eigenvalue weighted by molar-refractivity contribution is -0.384. The van der Waals surface area contributed by atoms with Crippen LogP contribution in [0.25, 0.3) is 10.9 Å². The number of carbonyl (C=O) groups is 1. The third kappa shape index (κ3) is 2.32. The fraction of sp³-hybridized carbons (Fsp3) is 0.167. The molecule has 0 fully saturated rings. The average molecular weight is 321 g/mol. The zero-order chi connectivity index (χ0) is 16.7. The number of hydrogen-bond acceptors (Lipinski definition) is 3. The molecule has 0 spiro atoms. The molecule has 1 aromatic heterocycles. The molecule has 1 aliphatic heterocycles. The Kier molecular flexibility index (Phi) is 3.30. The Labute approximate surface area is 137 Å². The normalized spacial score (nSPS) is 13.2. The van der Waals surface area contributed by atoms with Crippen molar-refractivity contribution in [2.45, 2.75) is 12.8 Å². The van der Waals surface area contributed by atoms with Crippen LogP contribution in [-0.4, -0.2) is 22.4 Å². The molecule has 6 heteroatoms. The Morgan fingerprint density at radius 1 is 1.25 bits per heavy atom. The zero-order valence-corrected chi connectivity index (χ0v) is 12.9. The van der Waals surface area contributed by atoms with E-state index in [4.69, 9.17) is 0 Å². The number of nitro groups is 1. The Bertz CT molecular complexity index is 961. The maximum atomic E-state index is 12.7. The highest BCUT2D eigenvalue weighted by molar-refractivity contribution is 5.99. The number of fused-ring (bicyclic) bond motifs is 2. The number of aromatic amines is 1. The smallest absolute Gasteiger partial charge is 0.271 e. The summed E-state index contributed by atoms with van der Waals surface area (Å²) in [5, 5.41) is 12.0. The summed E-state index contributed by atoms with van der Waals surface area (Å²) in [6.45, 7) is 0.567. The number of benzene rings is 2. The summed E-state index contributed by atoms with van der Waals surface area (Å²) in [4.78, 5) is 28.1. The van der Waals surface area contributed by atoms with Crippen LogP contribution in [0, 0.1) is 10.1 Å². The van der Waals surface area contributed by atoms with Crippen molar-refractivity contribution in [2.75, 3.05) is 11.4 Å². The highest BCUT2D eigenvalue weighted by Crippen LogP contribution is 2.32. The average Bonchev–Trinajstić information content (AvgIpc) is 3.18. The molecule has 1 N–H and O–H groups in total. The van der Waals surface area contributed by atoms with Gasteiger partial charge in [-0.1, -0.05) is 24.3 Å². The minimum absolute atomic E-state index is 0.0144. The van der Waals surface area contributed by atoms with Crippen molar-refractivity contribution in [3.05, 3.63) is 69.9 Å². The molecule has 120 valence electrons. The second kappa shape index (κ2) is 5.49. The molecule has 0 saturated heterocycles. The van der Waals surface area contributed by atoms with Crippen molar-refractivity contribution < 1.29 is 9.72 Å². The number of nitrogens with zero attached hydrogens (tertiary/aromatic N) is 2. The Balaban J connectivity index is 1.63. The highest BCUT2D eigenvalue weighted by Gasteiger charge is 2.27. The van der Waals surface area contributed by atoms with E-state index < -0.39 is 4.92 Å². The van der Waals surface area contributed by atoms with Gasteiger partial charge in [0.1, 0.15) is 0 Å². The van der Waals surface area contributed by atoms with Crippen LogP contribution in [0.15, 0.2) is 48.7 Å². The number of rotatable bonds is 3. The van der Waals surface area contributed by atoms with E-state index in [-0.39, 0.29) is 18.0 Å². The van der Waals surface area contributed by atoms with Gasteiger partial charge in [0.05, 0.1) is 17.0 Å². The van der Waals surface area contributed by atoms with E-state index in [2.05, 4.69) is 4.98 Å². The minimum Gasteiger partial charge on any atom is -0.361 e. The van der Waals surface area contributed by atoms with E-state index in [0.29, 0.717) is 12.2 Å². The van der Waals surface area contributed by atoms with Gasteiger partial charge in [-0.05, 0) is 23.6 Å². The van der Waals surface area contributed by atoms with Gasteiger partial charge in [0.2, 0.25) is 5.91 Å². The number of nitrogens with one attached hydrogen (secondary N) is 1. The number of amides is 1. The van der Waals surface area contributed by atoms with Crippen molar-refractivity contribution in [3.63, 3.8) is 0 Å². The van der Waals surface area contributed by atoms with Gasteiger partial charge in [0.25, 0.3) is 5.69 Å². The van der Waals surface area contributed by atoms with E-state index in [0.717, 1.165) is 28.5 Å². The summed E-state index contributed by atoms with van der Waals surface area (Å²) < 4.78 is 0. The van der Waals surface area contributed by atoms with Crippen LogP contribution in [0.1, 0.15) is 11.1 Å². The van der Waals surface area contributed by atoms with E-state index >= 15 is 0 Å². The number of H-pyrrole nitrogens is 1. The number of hydrogen-bond donors (Lipinski definition) is 1. The Morgan fingerprint density at radius 3 is 2.92 bits per heavy atom. The highest BCUT2D eigenvalue weighted by atomic mass is 16.6. The minimum atomic E-state index is -0.430. The van der Waals surface area contributed by atoms with E-state index in [1.165, 1.54) is 12.1 Å². The molecule has 1 amide bonds. The summed E-state index contributed by atoms with van der Waals surface area (Å²) in [5.41, 5.74) is 3.59. The van der Waals surface area contributed by atoms with Gasteiger partial charge in [-0.2, -0.15) is 0 Å². The van der Waals surface area contributed by atoms with Gasteiger partial charge in [-0.25, -0.2) is 0 Å². The zero-order valence-electron chi connectivity index (χ0n) is 12.9. The molecular formula is C18H15N3O3. The Hall–Kier alpha value is -3.15. The molecule has 0 saturated carbocycles. The van der Waals surface area contributed by atoms with Crippen molar-refractivity contribution in [3.8, 4) is 0 Å². The molecule has 1 aliphatic rings. The molecule has 24 heavy (non-hydrogen) atoms. The van der Waals surface area contributed by atoms with Crippen molar-refractivity contribution >= 4 is 28.2 Å². The van der Waals surface area contributed by atoms with Crippen molar-refractivity contribution in [1.82, 2.24) is 4.98 Å². The molecule has 2 heterocycles. The predicted molar refractivity (Wildman–Crippen MR) is 91.2 cm³/mol. The second-order valence-electron chi connectivity index (χ2n) is 5.90. The summed E-state index contributed by atoms with van der Waals surface area (Å²) in [5.74, 6) is -0.0426.